The number of hydrogen-bond acceptors (Lipinski definition) is 2. The van der Waals surface area contributed by atoms with E-state index >= 15 is 0 Å². The van der Waals surface area contributed by atoms with Gasteiger partial charge in [-0.05, 0) is 38.0 Å². The Balaban J connectivity index is 3.04. The predicted molar refractivity (Wildman–Crippen MR) is 59.9 cm³/mol. The molecule has 15 heavy (non-hydrogen) atoms. The number of hydrogen-bond donors (Lipinski definition) is 1. The van der Waals surface area contributed by atoms with Gasteiger partial charge in [0.1, 0.15) is 0 Å². The molecule has 0 aliphatic carbocycles. The number of methoxy groups -OCH3 is 1. The van der Waals surface area contributed by atoms with Crippen LogP contribution in [-0.2, 0) is 6.42 Å². The van der Waals surface area contributed by atoms with Crippen LogP contribution >= 0.6 is 11.6 Å². The molecule has 0 saturated carbocycles. The number of rotatable bonds is 3. The SMILES string of the molecule is COc1c(F)cc(CC(C)(C)N)cc1Cl. The molecule has 0 bridgehead atoms. The van der Waals surface area contributed by atoms with E-state index in [9.17, 15) is 4.39 Å². The molecule has 1 rings (SSSR count). The summed E-state index contributed by atoms with van der Waals surface area (Å²) in [5.41, 5.74) is 6.23. The van der Waals surface area contributed by atoms with Gasteiger partial charge in [-0.25, -0.2) is 4.39 Å². The molecule has 0 aromatic heterocycles. The minimum absolute atomic E-state index is 0.0789. The van der Waals surface area contributed by atoms with Gasteiger partial charge in [0, 0.05) is 5.54 Å². The van der Waals surface area contributed by atoms with Crippen LogP contribution in [0.1, 0.15) is 19.4 Å². The fourth-order valence-electron chi connectivity index (χ4n) is 1.44. The molecule has 0 heterocycles. The Morgan fingerprint density at radius 1 is 1.47 bits per heavy atom. The van der Waals surface area contributed by atoms with Crippen LogP contribution in [0, 0.1) is 5.82 Å². The molecule has 0 spiro atoms. The first-order valence-corrected chi connectivity index (χ1v) is 5.02. The Hall–Kier alpha value is -0.800. The summed E-state index contributed by atoms with van der Waals surface area (Å²) in [7, 11) is 1.39. The first kappa shape index (κ1) is 12.3. The van der Waals surface area contributed by atoms with E-state index in [2.05, 4.69) is 0 Å². The van der Waals surface area contributed by atoms with Crippen LogP contribution in [0.2, 0.25) is 5.02 Å². The minimum atomic E-state index is -0.454. The van der Waals surface area contributed by atoms with Gasteiger partial charge in [-0.3, -0.25) is 0 Å². The van der Waals surface area contributed by atoms with Gasteiger partial charge >= 0.3 is 0 Å². The van der Waals surface area contributed by atoms with Crippen LogP contribution in [0.4, 0.5) is 4.39 Å². The van der Waals surface area contributed by atoms with Gasteiger partial charge in [-0.15, -0.1) is 0 Å². The lowest BCUT2D eigenvalue weighted by Gasteiger charge is -2.19. The molecule has 4 heteroatoms. The van der Waals surface area contributed by atoms with E-state index in [0.29, 0.717) is 6.42 Å². The zero-order chi connectivity index (χ0) is 11.6. The monoisotopic (exact) mass is 231 g/mol. The molecular weight excluding hydrogens is 217 g/mol. The molecule has 2 N–H and O–H groups in total. The van der Waals surface area contributed by atoms with E-state index in [1.54, 1.807) is 6.07 Å². The summed E-state index contributed by atoms with van der Waals surface area (Å²) < 4.78 is 18.3. The zero-order valence-corrected chi connectivity index (χ0v) is 9.86. The first-order chi connectivity index (χ1) is 6.83. The van der Waals surface area contributed by atoms with Gasteiger partial charge in [0.15, 0.2) is 11.6 Å². The van der Waals surface area contributed by atoms with Crippen molar-refractivity contribution in [3.05, 3.63) is 28.5 Å². The van der Waals surface area contributed by atoms with Crippen LogP contribution in [0.5, 0.6) is 5.75 Å². The quantitative estimate of drug-likeness (QED) is 0.868. The van der Waals surface area contributed by atoms with Crippen molar-refractivity contribution in [1.29, 1.82) is 0 Å². The van der Waals surface area contributed by atoms with Crippen molar-refractivity contribution in [3.8, 4) is 5.75 Å². The highest BCUT2D eigenvalue weighted by Crippen LogP contribution is 2.29. The maximum Gasteiger partial charge on any atom is 0.173 e. The zero-order valence-electron chi connectivity index (χ0n) is 9.10. The first-order valence-electron chi connectivity index (χ1n) is 4.64. The molecule has 0 fully saturated rings. The van der Waals surface area contributed by atoms with E-state index in [1.165, 1.54) is 13.2 Å². The predicted octanol–water partition coefficient (Wildman–Crippen LogP) is 2.77. The molecule has 0 aliphatic heterocycles. The van der Waals surface area contributed by atoms with Crippen LogP contribution in [-0.4, -0.2) is 12.6 Å². The molecule has 1 aromatic rings. The van der Waals surface area contributed by atoms with E-state index in [0.717, 1.165) is 5.56 Å². The largest absolute Gasteiger partial charge is 0.492 e. The molecule has 0 amide bonds. The Bertz CT molecular complexity index is 337. The summed E-state index contributed by atoms with van der Waals surface area (Å²) >= 11 is 5.86. The van der Waals surface area contributed by atoms with Gasteiger partial charge in [0.25, 0.3) is 0 Å². The van der Waals surface area contributed by atoms with E-state index in [1.807, 2.05) is 13.8 Å². The fourth-order valence-corrected chi connectivity index (χ4v) is 1.74. The third-order valence-electron chi connectivity index (χ3n) is 1.92. The highest BCUT2D eigenvalue weighted by Gasteiger charge is 2.15. The summed E-state index contributed by atoms with van der Waals surface area (Å²) in [6, 6.07) is 3.08. The van der Waals surface area contributed by atoms with E-state index in [-0.39, 0.29) is 16.3 Å². The Labute approximate surface area is 94.2 Å². The molecule has 0 saturated heterocycles. The van der Waals surface area contributed by atoms with Crippen molar-refractivity contribution in [2.24, 2.45) is 5.73 Å². The highest BCUT2D eigenvalue weighted by atomic mass is 35.5. The van der Waals surface area contributed by atoms with Gasteiger partial charge in [0.05, 0.1) is 12.1 Å². The third-order valence-corrected chi connectivity index (χ3v) is 2.20. The maximum absolute atomic E-state index is 13.4. The minimum Gasteiger partial charge on any atom is -0.492 e. The summed E-state index contributed by atoms with van der Waals surface area (Å²) in [6.45, 7) is 3.76. The lowest BCUT2D eigenvalue weighted by Crippen LogP contribution is -2.34. The summed E-state index contributed by atoms with van der Waals surface area (Å²) in [4.78, 5) is 0. The van der Waals surface area contributed by atoms with Crippen molar-refractivity contribution in [2.45, 2.75) is 25.8 Å². The topological polar surface area (TPSA) is 35.2 Å². The van der Waals surface area contributed by atoms with E-state index < -0.39 is 5.82 Å². The van der Waals surface area contributed by atoms with Gasteiger partial charge in [-0.1, -0.05) is 11.6 Å². The van der Waals surface area contributed by atoms with Crippen molar-refractivity contribution in [1.82, 2.24) is 0 Å². The molecule has 0 aliphatic rings. The molecule has 0 atom stereocenters. The second-order valence-corrected chi connectivity index (χ2v) is 4.67. The maximum atomic E-state index is 13.4. The molecule has 0 radical (unpaired) electrons. The van der Waals surface area contributed by atoms with Crippen LogP contribution in [0.15, 0.2) is 12.1 Å². The number of nitrogens with two attached hydrogens (primary N) is 1. The molecule has 84 valence electrons. The fraction of sp³-hybridized carbons (Fsp3) is 0.455. The standard InChI is InChI=1S/C11H15ClFNO/c1-11(2,14)6-7-4-8(12)10(15-3)9(13)5-7/h4-5H,6,14H2,1-3H3. The van der Waals surface area contributed by atoms with Crippen molar-refractivity contribution >= 4 is 11.6 Å². The summed E-state index contributed by atoms with van der Waals surface area (Å²) in [5.74, 6) is -0.375. The Morgan fingerprint density at radius 3 is 2.47 bits per heavy atom. The lowest BCUT2D eigenvalue weighted by molar-refractivity contribution is 0.386. The molecule has 0 unspecified atom stereocenters. The van der Waals surface area contributed by atoms with Crippen molar-refractivity contribution in [3.63, 3.8) is 0 Å². The third kappa shape index (κ3) is 3.36. The Kier molecular flexibility index (Phi) is 3.58. The normalized spacial score (nSPS) is 11.6. The number of benzene rings is 1. The van der Waals surface area contributed by atoms with Crippen molar-refractivity contribution in [2.75, 3.05) is 7.11 Å². The van der Waals surface area contributed by atoms with Crippen molar-refractivity contribution < 1.29 is 9.13 Å². The van der Waals surface area contributed by atoms with Crippen LogP contribution in [0.25, 0.3) is 0 Å². The molecule has 1 aromatic carbocycles. The summed E-state index contributed by atoms with van der Waals surface area (Å²) in [5, 5.41) is 0.275. The van der Waals surface area contributed by atoms with Gasteiger partial charge in [0.2, 0.25) is 0 Å². The van der Waals surface area contributed by atoms with Gasteiger partial charge < -0.3 is 10.5 Å². The highest BCUT2D eigenvalue weighted by molar-refractivity contribution is 6.32. The van der Waals surface area contributed by atoms with Crippen LogP contribution in [0.3, 0.4) is 0 Å². The second-order valence-electron chi connectivity index (χ2n) is 4.26. The smallest absolute Gasteiger partial charge is 0.173 e. The Morgan fingerprint density at radius 2 is 2.07 bits per heavy atom. The average molecular weight is 232 g/mol. The van der Waals surface area contributed by atoms with Gasteiger partial charge in [-0.2, -0.15) is 0 Å². The summed E-state index contributed by atoms with van der Waals surface area (Å²) in [6.07, 6.45) is 0.563. The molecular formula is C11H15ClFNO. The number of halogens is 2. The number of ether oxygens (including phenoxy) is 1. The second kappa shape index (κ2) is 4.37. The van der Waals surface area contributed by atoms with Crippen LogP contribution < -0.4 is 10.5 Å². The molecule has 2 nitrogen and oxygen atoms in total. The lowest BCUT2D eigenvalue weighted by atomic mass is 9.96. The average Bonchev–Trinajstić information content (AvgIpc) is 1.99. The van der Waals surface area contributed by atoms with E-state index in [4.69, 9.17) is 22.1 Å².